The van der Waals surface area contributed by atoms with Crippen molar-refractivity contribution >= 4 is 55.7 Å². The molecule has 0 N–H and O–H groups in total. The third-order valence-corrected chi connectivity index (χ3v) is 58.6. The molecule has 2 fully saturated rings. The summed E-state index contributed by atoms with van der Waals surface area (Å²) in [6, 6.07) is 32.3. The average Bonchev–Trinajstić information content (AvgIpc) is 3.63. The predicted molar refractivity (Wildman–Crippen MR) is 266 cm³/mol. The van der Waals surface area contributed by atoms with E-state index in [0.717, 1.165) is 33.2 Å². The molecule has 0 aliphatic heterocycles. The molecule has 0 spiro atoms. The van der Waals surface area contributed by atoms with E-state index >= 15 is 0 Å². The molecule has 61 heavy (non-hydrogen) atoms. The molecule has 4 aliphatic carbocycles. The first kappa shape index (κ1) is 47.0. The Bertz CT molecular complexity index is 2050. The van der Waals surface area contributed by atoms with Crippen molar-refractivity contribution in [3.05, 3.63) is 129 Å². The fraction of sp³-hybridized carbons (Fsp3) is 0.481. The van der Waals surface area contributed by atoms with Crippen molar-refractivity contribution in [3.63, 3.8) is 0 Å². The van der Waals surface area contributed by atoms with Crippen molar-refractivity contribution < 1.29 is 35.8 Å². The van der Waals surface area contributed by atoms with Crippen LogP contribution in [0.5, 0.6) is 0 Å². The third-order valence-electron chi connectivity index (χ3n) is 15.4. The second-order valence-electron chi connectivity index (χ2n) is 20.2. The Morgan fingerprint density at radius 3 is 1.21 bits per heavy atom. The molecule has 0 aromatic heterocycles. The standard InChI is InChI=1S/2C26H31.C2H6Si.4ClH.2Zr/c2*1-3-20-11-13-22(14-12-20)24-10-8-9-23-17-21(18-25(23)24)19-26(2)15-6-4-5-7-16-26;1-3-2;;;;;;/h2*8-14,17-18H,3-7,15-16,19H2,1-2H3;1-3H2;4*1H;;/q;;;;;;;2*+2/p-4. The van der Waals surface area contributed by atoms with E-state index in [-0.39, 0.29) is 7.25 Å². The maximum atomic E-state index is 8.06. The van der Waals surface area contributed by atoms with Gasteiger partial charge in [-0.05, 0) is 0 Å². The summed E-state index contributed by atoms with van der Waals surface area (Å²) in [7, 11) is 31.5. The molecule has 0 amide bonds. The van der Waals surface area contributed by atoms with Crippen LogP contribution in [0, 0.1) is 10.8 Å². The van der Waals surface area contributed by atoms with Gasteiger partial charge in [-0.25, -0.2) is 0 Å². The first-order valence-electron chi connectivity index (χ1n) is 23.9. The Balaban J connectivity index is 1.09. The zero-order chi connectivity index (χ0) is 42.8. The fourth-order valence-electron chi connectivity index (χ4n) is 11.9. The molecular weight excluding hydrogens is 1000 g/mol. The minimum atomic E-state index is -3.84. The molecule has 2 unspecified atom stereocenters. The maximum absolute atomic E-state index is 8.06. The second kappa shape index (κ2) is 20.2. The van der Waals surface area contributed by atoms with Gasteiger partial charge in [0.15, 0.2) is 0 Å². The summed E-state index contributed by atoms with van der Waals surface area (Å²) in [5, 5.41) is 0. The molecule has 0 nitrogen and oxygen atoms in total. The molecule has 4 aromatic carbocycles. The number of aryl methyl sites for hydroxylation is 2. The fourth-order valence-corrected chi connectivity index (χ4v) is 56.5. The molecule has 0 heterocycles. The first-order chi connectivity index (χ1) is 29.3. The number of hydrogen-bond acceptors (Lipinski definition) is 0. The molecule has 7 heteroatoms. The Morgan fingerprint density at radius 2 is 0.869 bits per heavy atom. The van der Waals surface area contributed by atoms with Gasteiger partial charge in [0, 0.05) is 0 Å². The van der Waals surface area contributed by atoms with Gasteiger partial charge >= 0.3 is 399 Å². The van der Waals surface area contributed by atoms with Gasteiger partial charge in [-0.15, -0.1) is 0 Å². The molecule has 4 aliphatic rings. The summed E-state index contributed by atoms with van der Waals surface area (Å²) in [4.78, 5) is 0. The molecule has 0 radical (unpaired) electrons. The number of hydrogen-bond donors (Lipinski definition) is 0. The quantitative estimate of drug-likeness (QED) is 0.0872. The van der Waals surface area contributed by atoms with Crippen LogP contribution in [0.15, 0.2) is 96.1 Å². The Morgan fingerprint density at radius 1 is 0.508 bits per heavy atom. The van der Waals surface area contributed by atoms with E-state index in [0.29, 0.717) is 10.8 Å². The van der Waals surface area contributed by atoms with Crippen LogP contribution in [0.1, 0.15) is 158 Å². The van der Waals surface area contributed by atoms with Crippen LogP contribution in [-0.2, 0) is 48.6 Å². The van der Waals surface area contributed by atoms with Crippen LogP contribution in [0.3, 0.4) is 0 Å². The molecular formula is C54H68Cl4SiZr2. The molecule has 0 saturated heterocycles. The summed E-state index contributed by atoms with van der Waals surface area (Å²) < 4.78 is 2.35. The van der Waals surface area contributed by atoms with Crippen LogP contribution >= 0.6 is 34.1 Å². The van der Waals surface area contributed by atoms with Crippen molar-refractivity contribution in [2.24, 2.45) is 10.8 Å². The van der Waals surface area contributed by atoms with E-state index in [9.17, 15) is 0 Å². The first-order valence-corrected chi connectivity index (χ1v) is 44.9. The zero-order valence-corrected chi connectivity index (χ0v) is 46.7. The molecule has 0 bridgehead atoms. The summed E-state index contributed by atoms with van der Waals surface area (Å²) in [5.74, 6) is 0. The van der Waals surface area contributed by atoms with Crippen molar-refractivity contribution in [1.29, 1.82) is 0 Å². The van der Waals surface area contributed by atoms with Crippen molar-refractivity contribution in [2.45, 2.75) is 145 Å². The van der Waals surface area contributed by atoms with Crippen LogP contribution in [0.4, 0.5) is 0 Å². The van der Waals surface area contributed by atoms with Gasteiger partial charge in [0.25, 0.3) is 0 Å². The number of benzene rings is 4. The predicted octanol–water partition coefficient (Wildman–Crippen LogP) is 18.1. The van der Waals surface area contributed by atoms with E-state index in [1.54, 1.807) is 0 Å². The van der Waals surface area contributed by atoms with E-state index in [2.05, 4.69) is 125 Å². The minimum absolute atomic E-state index is 0.171. The van der Waals surface area contributed by atoms with Gasteiger partial charge in [-0.3, -0.25) is 0 Å². The van der Waals surface area contributed by atoms with Crippen molar-refractivity contribution in [2.75, 3.05) is 0 Å². The SMILES string of the molecule is CCc1ccc(-c2cccc3c2C=C(CC2(C)CCCCCC2)[CH]3[Zr]([Cl])([Cl])[CH2][SiH2][CH2][Zr]([Cl])([Cl])[CH]2C(CC3(C)CCCCCC3)=Cc3c(-c4ccc(CC)cc4)cccc32)cc1. The molecule has 2 atom stereocenters. The van der Waals surface area contributed by atoms with Gasteiger partial charge in [0.05, 0.1) is 0 Å². The van der Waals surface area contributed by atoms with Crippen molar-refractivity contribution in [1.82, 2.24) is 0 Å². The molecule has 4 aromatic rings. The molecule has 8 rings (SSSR count). The van der Waals surface area contributed by atoms with E-state index in [1.165, 1.54) is 144 Å². The Labute approximate surface area is 394 Å². The Kier molecular flexibility index (Phi) is 15.5. The summed E-state index contributed by atoms with van der Waals surface area (Å²) >= 11 is -7.68. The van der Waals surface area contributed by atoms with Crippen molar-refractivity contribution in [3.8, 4) is 22.3 Å². The van der Waals surface area contributed by atoms with Gasteiger partial charge in [-0.1, -0.05) is 0 Å². The van der Waals surface area contributed by atoms with Gasteiger partial charge < -0.3 is 0 Å². The number of fused-ring (bicyclic) bond motifs is 2. The monoisotopic (exact) mass is 1060 g/mol. The second-order valence-corrected chi connectivity index (χ2v) is 57.9. The van der Waals surface area contributed by atoms with E-state index < -0.39 is 45.3 Å². The topological polar surface area (TPSA) is 0 Å². The molecule has 2 saturated carbocycles. The van der Waals surface area contributed by atoms with Crippen LogP contribution < -0.4 is 0 Å². The van der Waals surface area contributed by atoms with Crippen LogP contribution in [0.25, 0.3) is 34.4 Å². The zero-order valence-electron chi connectivity index (χ0n) is 37.3. The number of halogens is 4. The average molecular weight is 1070 g/mol. The Hall–Kier alpha value is -0.497. The van der Waals surface area contributed by atoms with Crippen LogP contribution in [0.2, 0.25) is 7.50 Å². The van der Waals surface area contributed by atoms with Gasteiger partial charge in [-0.2, -0.15) is 0 Å². The third kappa shape index (κ3) is 10.7. The summed E-state index contributed by atoms with van der Waals surface area (Å²) in [6.07, 6.45) is 25.3. The summed E-state index contributed by atoms with van der Waals surface area (Å²) in [5.41, 5.74) is 17.1. The number of allylic oxidation sites excluding steroid dienone is 2. The van der Waals surface area contributed by atoms with Gasteiger partial charge in [0.2, 0.25) is 0 Å². The molecule has 324 valence electrons. The normalized spacial score (nSPS) is 21.4. The van der Waals surface area contributed by atoms with Gasteiger partial charge in [0.1, 0.15) is 0 Å². The summed E-state index contributed by atoms with van der Waals surface area (Å²) in [6.45, 7) is 9.56. The van der Waals surface area contributed by atoms with Crippen LogP contribution in [-0.4, -0.2) is 9.52 Å². The van der Waals surface area contributed by atoms with E-state index in [1.807, 2.05) is 0 Å². The number of rotatable bonds is 14. The van der Waals surface area contributed by atoms with E-state index in [4.69, 9.17) is 34.1 Å².